The number of rotatable bonds is 5. The largest absolute Gasteiger partial charge is 0.374 e. The van der Waals surface area contributed by atoms with Gasteiger partial charge in [0.1, 0.15) is 5.69 Å². The summed E-state index contributed by atoms with van der Waals surface area (Å²) >= 11 is 0. The van der Waals surface area contributed by atoms with E-state index in [0.29, 0.717) is 12.2 Å². The van der Waals surface area contributed by atoms with E-state index in [-0.39, 0.29) is 12.6 Å². The van der Waals surface area contributed by atoms with Crippen LogP contribution in [0.4, 0.5) is 23.2 Å². The highest BCUT2D eigenvalue weighted by molar-refractivity contribution is 5.47. The standard InChI is InChI=1S/C13H13F4N3/c1-2-3-20-7-18-5-8(20)6-19-13-11(16)9(14)4-10(15)12(13)17/h4-5,7,19H,2-3,6H2,1H3. The number of benzene rings is 1. The molecule has 0 aliphatic carbocycles. The van der Waals surface area contributed by atoms with Crippen LogP contribution in [0.15, 0.2) is 18.6 Å². The van der Waals surface area contributed by atoms with E-state index in [0.717, 1.165) is 6.42 Å². The van der Waals surface area contributed by atoms with Crippen molar-refractivity contribution in [2.24, 2.45) is 0 Å². The van der Waals surface area contributed by atoms with E-state index < -0.39 is 29.0 Å². The topological polar surface area (TPSA) is 29.9 Å². The molecule has 1 aromatic heterocycles. The molecule has 0 unspecified atom stereocenters. The van der Waals surface area contributed by atoms with Gasteiger partial charge in [0.05, 0.1) is 18.6 Å². The Kier molecular flexibility index (Phi) is 4.26. The molecule has 108 valence electrons. The number of nitrogens with one attached hydrogen (secondary N) is 1. The van der Waals surface area contributed by atoms with Gasteiger partial charge in [0.15, 0.2) is 23.3 Å². The predicted octanol–water partition coefficient (Wildman–Crippen LogP) is 3.46. The van der Waals surface area contributed by atoms with Crippen molar-refractivity contribution in [3.63, 3.8) is 0 Å². The first kappa shape index (κ1) is 14.4. The van der Waals surface area contributed by atoms with Crippen LogP contribution in [0.2, 0.25) is 0 Å². The van der Waals surface area contributed by atoms with Crippen LogP contribution in [-0.2, 0) is 13.1 Å². The number of aryl methyl sites for hydroxylation is 1. The zero-order chi connectivity index (χ0) is 14.7. The second kappa shape index (κ2) is 5.94. The molecule has 7 heteroatoms. The summed E-state index contributed by atoms with van der Waals surface area (Å²) in [5.41, 5.74) is -0.151. The van der Waals surface area contributed by atoms with Gasteiger partial charge in [-0.2, -0.15) is 0 Å². The molecule has 0 radical (unpaired) electrons. The summed E-state index contributed by atoms with van der Waals surface area (Å²) in [6.45, 7) is 2.68. The summed E-state index contributed by atoms with van der Waals surface area (Å²) < 4.78 is 54.8. The minimum absolute atomic E-state index is 0.0106. The van der Waals surface area contributed by atoms with E-state index in [9.17, 15) is 17.6 Å². The first-order chi connectivity index (χ1) is 9.54. The van der Waals surface area contributed by atoms with E-state index in [1.807, 2.05) is 6.92 Å². The molecule has 0 aliphatic heterocycles. The van der Waals surface area contributed by atoms with Crippen LogP contribution >= 0.6 is 0 Å². The molecule has 0 bridgehead atoms. The molecule has 1 N–H and O–H groups in total. The van der Waals surface area contributed by atoms with Gasteiger partial charge in [0.25, 0.3) is 0 Å². The maximum atomic E-state index is 13.5. The summed E-state index contributed by atoms with van der Waals surface area (Å²) in [6.07, 6.45) is 3.97. The van der Waals surface area contributed by atoms with Gasteiger partial charge < -0.3 is 9.88 Å². The normalized spacial score (nSPS) is 10.8. The van der Waals surface area contributed by atoms with E-state index in [2.05, 4.69) is 10.3 Å². The fraction of sp³-hybridized carbons (Fsp3) is 0.308. The summed E-state index contributed by atoms with van der Waals surface area (Å²) in [5, 5.41) is 2.37. The lowest BCUT2D eigenvalue weighted by atomic mass is 10.2. The highest BCUT2D eigenvalue weighted by atomic mass is 19.2. The van der Waals surface area contributed by atoms with Crippen molar-refractivity contribution < 1.29 is 17.6 Å². The van der Waals surface area contributed by atoms with Gasteiger partial charge in [0, 0.05) is 18.8 Å². The fourth-order valence-corrected chi connectivity index (χ4v) is 1.84. The van der Waals surface area contributed by atoms with Gasteiger partial charge >= 0.3 is 0 Å². The summed E-state index contributed by atoms with van der Waals surface area (Å²) in [4.78, 5) is 3.92. The Hall–Kier alpha value is -2.05. The van der Waals surface area contributed by atoms with Crippen LogP contribution in [0.3, 0.4) is 0 Å². The molecule has 0 spiro atoms. The monoisotopic (exact) mass is 287 g/mol. The highest BCUT2D eigenvalue weighted by Gasteiger charge is 2.19. The Balaban J connectivity index is 2.21. The molecule has 2 rings (SSSR count). The number of aromatic nitrogens is 2. The number of hydrogen-bond acceptors (Lipinski definition) is 2. The molecule has 0 saturated carbocycles. The third kappa shape index (κ3) is 2.76. The van der Waals surface area contributed by atoms with Gasteiger partial charge in [-0.1, -0.05) is 6.92 Å². The first-order valence-electron chi connectivity index (χ1n) is 6.10. The van der Waals surface area contributed by atoms with Crippen molar-refractivity contribution in [2.75, 3.05) is 5.32 Å². The van der Waals surface area contributed by atoms with Crippen LogP contribution < -0.4 is 5.32 Å². The lowest BCUT2D eigenvalue weighted by Crippen LogP contribution is -2.10. The Morgan fingerprint density at radius 2 is 1.80 bits per heavy atom. The third-order valence-corrected chi connectivity index (χ3v) is 2.82. The van der Waals surface area contributed by atoms with Crippen molar-refractivity contribution >= 4 is 5.69 Å². The average Bonchev–Trinajstić information content (AvgIpc) is 2.84. The van der Waals surface area contributed by atoms with Gasteiger partial charge in [-0.25, -0.2) is 22.5 Å². The molecule has 3 nitrogen and oxygen atoms in total. The van der Waals surface area contributed by atoms with Crippen LogP contribution in [0, 0.1) is 23.3 Å². The van der Waals surface area contributed by atoms with Crippen molar-refractivity contribution in [3.8, 4) is 0 Å². The molecule has 0 aliphatic rings. The Labute approximate surface area is 113 Å². The minimum Gasteiger partial charge on any atom is -0.374 e. The lowest BCUT2D eigenvalue weighted by molar-refractivity contribution is 0.458. The molecule has 1 heterocycles. The molecular weight excluding hydrogens is 274 g/mol. The van der Waals surface area contributed by atoms with Crippen molar-refractivity contribution in [1.29, 1.82) is 0 Å². The number of imidazole rings is 1. The van der Waals surface area contributed by atoms with E-state index in [1.165, 1.54) is 6.20 Å². The zero-order valence-electron chi connectivity index (χ0n) is 10.8. The SMILES string of the molecule is CCCn1cncc1CNc1c(F)c(F)cc(F)c1F. The Morgan fingerprint density at radius 3 is 2.40 bits per heavy atom. The lowest BCUT2D eigenvalue weighted by Gasteiger charge is -2.11. The number of hydrogen-bond donors (Lipinski definition) is 1. The van der Waals surface area contributed by atoms with Crippen LogP contribution in [-0.4, -0.2) is 9.55 Å². The number of anilines is 1. The van der Waals surface area contributed by atoms with Gasteiger partial charge in [-0.05, 0) is 6.42 Å². The second-order valence-electron chi connectivity index (χ2n) is 4.28. The Bertz CT molecular complexity index is 584. The number of halogens is 4. The molecule has 0 amide bonds. The van der Waals surface area contributed by atoms with Crippen LogP contribution in [0.1, 0.15) is 19.0 Å². The summed E-state index contributed by atoms with van der Waals surface area (Å²) in [5.74, 6) is -5.75. The van der Waals surface area contributed by atoms with Crippen LogP contribution in [0.5, 0.6) is 0 Å². The van der Waals surface area contributed by atoms with Crippen molar-refractivity contribution in [2.45, 2.75) is 26.4 Å². The number of nitrogens with zero attached hydrogens (tertiary/aromatic N) is 2. The summed E-state index contributed by atoms with van der Waals surface area (Å²) in [6, 6.07) is 0.178. The molecule has 1 aromatic carbocycles. The summed E-state index contributed by atoms with van der Waals surface area (Å²) in [7, 11) is 0. The second-order valence-corrected chi connectivity index (χ2v) is 4.28. The smallest absolute Gasteiger partial charge is 0.185 e. The molecule has 0 fully saturated rings. The van der Waals surface area contributed by atoms with Gasteiger partial charge in [-0.3, -0.25) is 0 Å². The van der Waals surface area contributed by atoms with Gasteiger partial charge in [-0.15, -0.1) is 0 Å². The van der Waals surface area contributed by atoms with Crippen molar-refractivity contribution in [1.82, 2.24) is 9.55 Å². The quantitative estimate of drug-likeness (QED) is 0.674. The molecule has 2 aromatic rings. The maximum Gasteiger partial charge on any atom is 0.185 e. The molecule has 0 saturated heterocycles. The van der Waals surface area contributed by atoms with E-state index >= 15 is 0 Å². The zero-order valence-corrected chi connectivity index (χ0v) is 10.8. The van der Waals surface area contributed by atoms with Crippen LogP contribution in [0.25, 0.3) is 0 Å². The minimum atomic E-state index is -1.44. The average molecular weight is 287 g/mol. The maximum absolute atomic E-state index is 13.5. The van der Waals surface area contributed by atoms with E-state index in [4.69, 9.17) is 0 Å². The van der Waals surface area contributed by atoms with E-state index in [1.54, 1.807) is 10.9 Å². The highest BCUT2D eigenvalue weighted by Crippen LogP contribution is 2.24. The fourth-order valence-electron chi connectivity index (χ4n) is 1.84. The molecular formula is C13H13F4N3. The molecule has 0 atom stereocenters. The van der Waals surface area contributed by atoms with Gasteiger partial charge in [0.2, 0.25) is 0 Å². The predicted molar refractivity (Wildman–Crippen MR) is 66.1 cm³/mol. The van der Waals surface area contributed by atoms with Crippen molar-refractivity contribution in [3.05, 3.63) is 47.6 Å². The third-order valence-electron chi connectivity index (χ3n) is 2.82. The molecule has 20 heavy (non-hydrogen) atoms. The Morgan fingerprint density at radius 1 is 1.15 bits per heavy atom. The first-order valence-corrected chi connectivity index (χ1v) is 6.10.